The first-order chi connectivity index (χ1) is 8.70. The van der Waals surface area contributed by atoms with Gasteiger partial charge in [0.2, 0.25) is 5.91 Å². The van der Waals surface area contributed by atoms with E-state index < -0.39 is 39.4 Å². The molecule has 1 aromatic rings. The van der Waals surface area contributed by atoms with Gasteiger partial charge in [0.25, 0.3) is 5.69 Å². The van der Waals surface area contributed by atoms with Crippen molar-refractivity contribution < 1.29 is 18.5 Å². The lowest BCUT2D eigenvalue weighted by Crippen LogP contribution is -2.48. The molecule has 104 valence electrons. The van der Waals surface area contributed by atoms with Crippen molar-refractivity contribution in [3.63, 3.8) is 0 Å². The molecule has 2 N–H and O–H groups in total. The largest absolute Gasteiger partial charge is 0.316 e. The van der Waals surface area contributed by atoms with E-state index in [1.165, 1.54) is 20.9 Å². The Morgan fingerprint density at radius 3 is 2.42 bits per heavy atom. The van der Waals surface area contributed by atoms with Crippen LogP contribution >= 0.6 is 0 Å². The summed E-state index contributed by atoms with van der Waals surface area (Å²) in [5.74, 6) is -3.46. The van der Waals surface area contributed by atoms with Crippen LogP contribution in [0.4, 0.5) is 20.2 Å². The third-order valence-corrected chi connectivity index (χ3v) is 2.70. The van der Waals surface area contributed by atoms with Crippen molar-refractivity contribution in [3.8, 4) is 0 Å². The van der Waals surface area contributed by atoms with Gasteiger partial charge in [0.15, 0.2) is 17.3 Å². The fourth-order valence-corrected chi connectivity index (χ4v) is 1.19. The van der Waals surface area contributed by atoms with Crippen LogP contribution in [0, 0.1) is 21.7 Å². The van der Waals surface area contributed by atoms with Crippen molar-refractivity contribution in [1.82, 2.24) is 5.32 Å². The predicted octanol–water partition coefficient (Wildman–Crippen LogP) is 1.81. The topological polar surface area (TPSA) is 84.3 Å². The monoisotopic (exact) mass is 273 g/mol. The van der Waals surface area contributed by atoms with Crippen molar-refractivity contribution in [1.29, 1.82) is 0 Å². The molecule has 0 fully saturated rings. The van der Waals surface area contributed by atoms with E-state index >= 15 is 0 Å². The van der Waals surface area contributed by atoms with E-state index in [0.29, 0.717) is 6.07 Å². The number of likely N-dealkylation sites (N-methyl/N-ethyl adjacent to an activating group) is 1. The molecule has 0 aromatic heterocycles. The molecule has 8 heteroatoms. The lowest BCUT2D eigenvalue weighted by molar-refractivity contribution is -0.384. The SMILES string of the molecule is CNC(C)(C)C(=O)Nc1c([N+](=O)[O-])ccc(F)c1F. The molecule has 0 spiro atoms. The second kappa shape index (κ2) is 5.27. The number of nitro benzene ring substituents is 1. The summed E-state index contributed by atoms with van der Waals surface area (Å²) >= 11 is 0. The maximum absolute atomic E-state index is 13.6. The summed E-state index contributed by atoms with van der Waals surface area (Å²) in [6, 6.07) is 1.42. The molecule has 0 saturated heterocycles. The Morgan fingerprint density at radius 1 is 1.37 bits per heavy atom. The first-order valence-corrected chi connectivity index (χ1v) is 5.33. The molecule has 1 rings (SSSR count). The molecule has 0 atom stereocenters. The van der Waals surface area contributed by atoms with E-state index in [2.05, 4.69) is 5.32 Å². The molecule has 6 nitrogen and oxygen atoms in total. The number of hydrogen-bond acceptors (Lipinski definition) is 4. The van der Waals surface area contributed by atoms with Gasteiger partial charge in [-0.05, 0) is 27.0 Å². The second-order valence-electron chi connectivity index (χ2n) is 4.34. The number of anilines is 1. The van der Waals surface area contributed by atoms with Gasteiger partial charge in [-0.25, -0.2) is 8.78 Å². The number of nitro groups is 1. The Balaban J connectivity index is 3.23. The molecular formula is C11H13F2N3O3. The number of hydrogen-bond donors (Lipinski definition) is 2. The number of carbonyl (C=O) groups is 1. The molecule has 0 bridgehead atoms. The van der Waals surface area contributed by atoms with Crippen LogP contribution in [0.1, 0.15) is 13.8 Å². The Labute approximate surface area is 108 Å². The third-order valence-electron chi connectivity index (χ3n) is 2.70. The van der Waals surface area contributed by atoms with Gasteiger partial charge in [-0.2, -0.15) is 0 Å². The molecule has 0 radical (unpaired) electrons. The highest BCUT2D eigenvalue weighted by molar-refractivity contribution is 5.99. The number of carbonyl (C=O) groups excluding carboxylic acids is 1. The molecule has 0 aliphatic heterocycles. The van der Waals surface area contributed by atoms with Crippen LogP contribution < -0.4 is 10.6 Å². The van der Waals surface area contributed by atoms with Gasteiger partial charge < -0.3 is 10.6 Å². The predicted molar refractivity (Wildman–Crippen MR) is 64.8 cm³/mol. The van der Waals surface area contributed by atoms with Crippen molar-refractivity contribution in [2.24, 2.45) is 0 Å². The molecule has 0 aliphatic rings. The quantitative estimate of drug-likeness (QED) is 0.647. The summed E-state index contributed by atoms with van der Waals surface area (Å²) in [5, 5.41) is 15.4. The van der Waals surface area contributed by atoms with Crippen LogP contribution in [-0.2, 0) is 4.79 Å². The highest BCUT2D eigenvalue weighted by atomic mass is 19.2. The molecule has 1 aromatic carbocycles. The minimum atomic E-state index is -1.46. The number of rotatable bonds is 4. The summed E-state index contributed by atoms with van der Waals surface area (Å²) in [7, 11) is 1.50. The Hall–Kier alpha value is -2.09. The van der Waals surface area contributed by atoms with E-state index in [9.17, 15) is 23.7 Å². The van der Waals surface area contributed by atoms with Crippen LogP contribution in [0.2, 0.25) is 0 Å². The zero-order chi connectivity index (χ0) is 14.8. The number of nitrogens with zero attached hydrogens (tertiary/aromatic N) is 1. The number of nitrogens with one attached hydrogen (secondary N) is 2. The number of halogens is 2. The normalized spacial score (nSPS) is 11.2. The van der Waals surface area contributed by atoms with E-state index in [1.807, 2.05) is 5.32 Å². The third kappa shape index (κ3) is 3.02. The first kappa shape index (κ1) is 15.0. The van der Waals surface area contributed by atoms with Crippen LogP contribution in [0.3, 0.4) is 0 Å². The molecule has 1 amide bonds. The fourth-order valence-electron chi connectivity index (χ4n) is 1.19. The molecule has 0 heterocycles. The zero-order valence-electron chi connectivity index (χ0n) is 10.6. The molecule has 19 heavy (non-hydrogen) atoms. The molecule has 0 aliphatic carbocycles. The van der Waals surface area contributed by atoms with Crippen molar-refractivity contribution in [2.45, 2.75) is 19.4 Å². The van der Waals surface area contributed by atoms with Gasteiger partial charge in [0.1, 0.15) is 0 Å². The molecule has 0 unspecified atom stereocenters. The van der Waals surface area contributed by atoms with Crippen LogP contribution in [0.25, 0.3) is 0 Å². The average Bonchev–Trinajstić information content (AvgIpc) is 2.34. The first-order valence-electron chi connectivity index (χ1n) is 5.33. The summed E-state index contributed by atoms with van der Waals surface area (Å²) in [4.78, 5) is 21.7. The fraction of sp³-hybridized carbons (Fsp3) is 0.364. The standard InChI is InChI=1S/C11H13F2N3O3/c1-11(2,14-3)10(17)15-9-7(16(18)19)5-4-6(12)8(9)13/h4-5,14H,1-3H3,(H,15,17). The Bertz CT molecular complexity index is 532. The van der Waals surface area contributed by atoms with Crippen molar-refractivity contribution in [2.75, 3.05) is 12.4 Å². The van der Waals surface area contributed by atoms with E-state index in [4.69, 9.17) is 0 Å². The summed E-state index contributed by atoms with van der Waals surface area (Å²) in [6.45, 7) is 2.98. The minimum Gasteiger partial charge on any atom is -0.316 e. The number of amides is 1. The van der Waals surface area contributed by atoms with Crippen LogP contribution in [0.5, 0.6) is 0 Å². The van der Waals surface area contributed by atoms with Gasteiger partial charge in [-0.1, -0.05) is 0 Å². The summed E-state index contributed by atoms with van der Waals surface area (Å²) < 4.78 is 26.6. The van der Waals surface area contributed by atoms with Gasteiger partial charge in [-0.3, -0.25) is 14.9 Å². The number of benzene rings is 1. The molecule has 0 saturated carbocycles. The van der Waals surface area contributed by atoms with Gasteiger partial charge >= 0.3 is 0 Å². The zero-order valence-corrected chi connectivity index (χ0v) is 10.6. The van der Waals surface area contributed by atoms with Gasteiger partial charge in [0, 0.05) is 6.07 Å². The van der Waals surface area contributed by atoms with E-state index in [0.717, 1.165) is 6.07 Å². The second-order valence-corrected chi connectivity index (χ2v) is 4.34. The van der Waals surface area contributed by atoms with Gasteiger partial charge in [-0.15, -0.1) is 0 Å². The smallest absolute Gasteiger partial charge is 0.296 e. The highest BCUT2D eigenvalue weighted by Crippen LogP contribution is 2.29. The summed E-state index contributed by atoms with van der Waals surface area (Å²) in [5.41, 5.74) is -2.58. The van der Waals surface area contributed by atoms with E-state index in [-0.39, 0.29) is 0 Å². The Morgan fingerprint density at radius 2 is 1.95 bits per heavy atom. The maximum Gasteiger partial charge on any atom is 0.296 e. The molecular weight excluding hydrogens is 260 g/mol. The summed E-state index contributed by atoms with van der Waals surface area (Å²) in [6.07, 6.45) is 0. The Kier molecular flexibility index (Phi) is 4.15. The van der Waals surface area contributed by atoms with Crippen molar-refractivity contribution >= 4 is 17.3 Å². The average molecular weight is 273 g/mol. The lowest BCUT2D eigenvalue weighted by Gasteiger charge is -2.22. The maximum atomic E-state index is 13.6. The van der Waals surface area contributed by atoms with Crippen molar-refractivity contribution in [3.05, 3.63) is 33.9 Å². The highest BCUT2D eigenvalue weighted by Gasteiger charge is 2.30. The van der Waals surface area contributed by atoms with Gasteiger partial charge in [0.05, 0.1) is 10.5 Å². The van der Waals surface area contributed by atoms with Crippen LogP contribution in [-0.4, -0.2) is 23.4 Å². The minimum absolute atomic E-state index is 0.631. The van der Waals surface area contributed by atoms with E-state index in [1.54, 1.807) is 0 Å². The van der Waals surface area contributed by atoms with Crippen LogP contribution in [0.15, 0.2) is 12.1 Å². The lowest BCUT2D eigenvalue weighted by atomic mass is 10.0.